The van der Waals surface area contributed by atoms with E-state index in [-0.39, 0.29) is 12.3 Å². The van der Waals surface area contributed by atoms with Crippen LogP contribution in [0.25, 0.3) is 0 Å². The summed E-state index contributed by atoms with van der Waals surface area (Å²) in [5.74, 6) is -1.00. The Balaban J connectivity index is 1.73. The normalized spacial score (nSPS) is 16.9. The number of carbonyl (C=O) groups is 2. The minimum atomic E-state index is -0.839. The van der Waals surface area contributed by atoms with Crippen LogP contribution in [0.5, 0.6) is 0 Å². The lowest BCUT2D eigenvalue weighted by Gasteiger charge is -2.36. The van der Waals surface area contributed by atoms with Gasteiger partial charge in [0.15, 0.2) is 0 Å². The molecule has 0 aromatic carbocycles. The molecule has 0 spiro atoms. The predicted octanol–water partition coefficient (Wildman–Crippen LogP) is 1.25. The van der Waals surface area contributed by atoms with Crippen molar-refractivity contribution in [1.29, 1.82) is 0 Å². The highest BCUT2D eigenvalue weighted by molar-refractivity contribution is 5.85. The second-order valence-corrected chi connectivity index (χ2v) is 4.89. The van der Waals surface area contributed by atoms with Crippen LogP contribution in [0.15, 0.2) is 24.5 Å². The number of carbonyl (C=O) groups excluding carboxylic acids is 1. The van der Waals surface area contributed by atoms with Crippen LogP contribution < -0.4 is 5.32 Å². The highest BCUT2D eigenvalue weighted by Gasteiger charge is 2.45. The summed E-state index contributed by atoms with van der Waals surface area (Å²) >= 11 is 0. The minimum Gasteiger partial charge on any atom is -0.481 e. The van der Waals surface area contributed by atoms with Crippen LogP contribution in [0.2, 0.25) is 0 Å². The summed E-state index contributed by atoms with van der Waals surface area (Å²) in [5.41, 5.74) is -0.794. The fraction of sp³-hybridized carbons (Fsp3) is 0.538. The molecule has 0 saturated heterocycles. The monoisotopic (exact) mass is 250 g/mol. The summed E-state index contributed by atoms with van der Waals surface area (Å²) in [6.45, 7) is 1.24. The van der Waals surface area contributed by atoms with Crippen molar-refractivity contribution in [3.8, 4) is 0 Å². The maximum Gasteiger partial charge on any atom is 0.310 e. The number of hydrogen-bond acceptors (Lipinski definition) is 2. The molecule has 1 aromatic rings. The largest absolute Gasteiger partial charge is 0.481 e. The van der Waals surface area contributed by atoms with Gasteiger partial charge in [-0.15, -0.1) is 0 Å². The van der Waals surface area contributed by atoms with E-state index in [4.69, 9.17) is 5.11 Å². The third kappa shape index (κ3) is 2.72. The Kier molecular flexibility index (Phi) is 3.69. The number of aliphatic carboxylic acids is 1. The first kappa shape index (κ1) is 12.7. The number of rotatable bonds is 6. The number of nitrogens with zero attached hydrogens (tertiary/aromatic N) is 1. The zero-order valence-electron chi connectivity index (χ0n) is 10.3. The maximum atomic E-state index is 11.7. The highest BCUT2D eigenvalue weighted by atomic mass is 16.4. The topological polar surface area (TPSA) is 71.3 Å². The first-order valence-electron chi connectivity index (χ1n) is 6.23. The van der Waals surface area contributed by atoms with Gasteiger partial charge in [0, 0.05) is 31.9 Å². The Morgan fingerprint density at radius 1 is 1.28 bits per heavy atom. The van der Waals surface area contributed by atoms with Crippen LogP contribution in [0.1, 0.15) is 25.7 Å². The lowest BCUT2D eigenvalue weighted by molar-refractivity contribution is -0.157. The van der Waals surface area contributed by atoms with Crippen molar-refractivity contribution in [2.45, 2.75) is 32.2 Å². The number of aromatic nitrogens is 1. The van der Waals surface area contributed by atoms with E-state index < -0.39 is 11.4 Å². The highest BCUT2D eigenvalue weighted by Crippen LogP contribution is 2.44. The summed E-state index contributed by atoms with van der Waals surface area (Å²) in [4.78, 5) is 22.8. The standard InChI is InChI=1S/C13H18N2O3/c16-11(10-13(12(17)18)4-3-5-13)14-6-9-15-7-1-2-8-15/h1-2,7-8H,3-6,9-10H2,(H,14,16)(H,17,18). The van der Waals surface area contributed by atoms with E-state index in [2.05, 4.69) is 5.32 Å². The number of hydrogen-bond donors (Lipinski definition) is 2. The molecule has 1 fully saturated rings. The molecule has 1 amide bonds. The van der Waals surface area contributed by atoms with E-state index in [0.717, 1.165) is 6.42 Å². The minimum absolute atomic E-state index is 0.105. The predicted molar refractivity (Wildman–Crippen MR) is 66.0 cm³/mol. The van der Waals surface area contributed by atoms with E-state index in [1.165, 1.54) is 0 Å². The molecule has 0 atom stereocenters. The van der Waals surface area contributed by atoms with Crippen LogP contribution in [0, 0.1) is 5.41 Å². The first-order chi connectivity index (χ1) is 8.62. The Morgan fingerprint density at radius 2 is 1.94 bits per heavy atom. The van der Waals surface area contributed by atoms with Gasteiger partial charge in [0.25, 0.3) is 0 Å². The lowest BCUT2D eigenvalue weighted by atomic mass is 9.66. The second-order valence-electron chi connectivity index (χ2n) is 4.89. The van der Waals surface area contributed by atoms with Gasteiger partial charge in [-0.25, -0.2) is 0 Å². The van der Waals surface area contributed by atoms with Gasteiger partial charge >= 0.3 is 5.97 Å². The molecule has 1 heterocycles. The molecule has 1 saturated carbocycles. The van der Waals surface area contributed by atoms with Gasteiger partial charge in [-0.05, 0) is 25.0 Å². The fourth-order valence-corrected chi connectivity index (χ4v) is 2.28. The molecule has 5 nitrogen and oxygen atoms in total. The molecular formula is C13H18N2O3. The average molecular weight is 250 g/mol. The van der Waals surface area contributed by atoms with E-state index in [0.29, 0.717) is 25.9 Å². The number of carboxylic acid groups (broad SMARTS) is 1. The maximum absolute atomic E-state index is 11.7. The molecule has 0 unspecified atom stereocenters. The van der Waals surface area contributed by atoms with E-state index in [1.54, 1.807) is 0 Å². The third-order valence-corrected chi connectivity index (χ3v) is 3.62. The Hall–Kier alpha value is -1.78. The Bertz CT molecular complexity index is 421. The molecule has 1 aromatic heterocycles. The van der Waals surface area contributed by atoms with Gasteiger partial charge in [0.1, 0.15) is 0 Å². The number of amides is 1. The fourth-order valence-electron chi connectivity index (χ4n) is 2.28. The molecule has 0 aliphatic heterocycles. The molecule has 5 heteroatoms. The van der Waals surface area contributed by atoms with Crippen molar-refractivity contribution in [2.24, 2.45) is 5.41 Å². The Labute approximate surface area is 106 Å². The smallest absolute Gasteiger partial charge is 0.310 e. The van der Waals surface area contributed by atoms with Crippen LogP contribution in [0.4, 0.5) is 0 Å². The van der Waals surface area contributed by atoms with Crippen molar-refractivity contribution in [3.05, 3.63) is 24.5 Å². The van der Waals surface area contributed by atoms with Crippen molar-refractivity contribution in [2.75, 3.05) is 6.54 Å². The molecule has 2 N–H and O–H groups in total. The van der Waals surface area contributed by atoms with Crippen molar-refractivity contribution >= 4 is 11.9 Å². The van der Waals surface area contributed by atoms with Crippen molar-refractivity contribution in [3.63, 3.8) is 0 Å². The van der Waals surface area contributed by atoms with Gasteiger partial charge in [0.05, 0.1) is 5.41 Å². The SMILES string of the molecule is O=C(CC1(C(=O)O)CCC1)NCCn1cccc1. The summed E-state index contributed by atoms with van der Waals surface area (Å²) < 4.78 is 1.97. The number of carboxylic acids is 1. The van der Waals surface area contributed by atoms with Crippen molar-refractivity contribution < 1.29 is 14.7 Å². The van der Waals surface area contributed by atoms with E-state index in [9.17, 15) is 9.59 Å². The number of nitrogens with one attached hydrogen (secondary N) is 1. The molecule has 18 heavy (non-hydrogen) atoms. The molecule has 1 aliphatic rings. The van der Waals surface area contributed by atoms with Gasteiger partial charge in [-0.3, -0.25) is 9.59 Å². The van der Waals surface area contributed by atoms with Crippen LogP contribution in [0.3, 0.4) is 0 Å². The molecule has 98 valence electrons. The van der Waals surface area contributed by atoms with Gasteiger partial charge < -0.3 is 15.0 Å². The molecule has 2 rings (SSSR count). The van der Waals surface area contributed by atoms with Crippen molar-refractivity contribution in [1.82, 2.24) is 9.88 Å². The van der Waals surface area contributed by atoms with E-state index in [1.807, 2.05) is 29.1 Å². The van der Waals surface area contributed by atoms with Crippen LogP contribution >= 0.6 is 0 Å². The molecule has 1 aliphatic carbocycles. The molecule has 0 radical (unpaired) electrons. The average Bonchev–Trinajstić information content (AvgIpc) is 2.76. The first-order valence-corrected chi connectivity index (χ1v) is 6.23. The summed E-state index contributed by atoms with van der Waals surface area (Å²) in [5, 5.41) is 11.9. The second kappa shape index (κ2) is 5.25. The lowest BCUT2D eigenvalue weighted by Crippen LogP contribution is -2.43. The quantitative estimate of drug-likeness (QED) is 0.798. The van der Waals surface area contributed by atoms with Crippen LogP contribution in [-0.2, 0) is 16.1 Å². The summed E-state index contributed by atoms with van der Waals surface area (Å²) in [7, 11) is 0. The van der Waals surface area contributed by atoms with Crippen LogP contribution in [-0.4, -0.2) is 28.1 Å². The summed E-state index contributed by atoms with van der Waals surface area (Å²) in [6, 6.07) is 3.85. The van der Waals surface area contributed by atoms with E-state index >= 15 is 0 Å². The summed E-state index contributed by atoms with van der Waals surface area (Å²) in [6.07, 6.45) is 6.10. The third-order valence-electron chi connectivity index (χ3n) is 3.62. The van der Waals surface area contributed by atoms with Gasteiger partial charge in [-0.2, -0.15) is 0 Å². The van der Waals surface area contributed by atoms with Gasteiger partial charge in [-0.1, -0.05) is 6.42 Å². The molecule has 0 bridgehead atoms. The molecular weight excluding hydrogens is 232 g/mol. The zero-order chi connectivity index (χ0) is 13.0. The zero-order valence-corrected chi connectivity index (χ0v) is 10.3. The van der Waals surface area contributed by atoms with Gasteiger partial charge in [0.2, 0.25) is 5.91 Å². The Morgan fingerprint density at radius 3 is 2.44 bits per heavy atom.